The van der Waals surface area contributed by atoms with Crippen molar-refractivity contribution in [3.8, 4) is 17.6 Å². The monoisotopic (exact) mass is 430 g/mol. The van der Waals surface area contributed by atoms with Crippen LogP contribution in [0.4, 0.5) is 11.4 Å². The van der Waals surface area contributed by atoms with E-state index in [1.807, 2.05) is 0 Å². The summed E-state index contributed by atoms with van der Waals surface area (Å²) in [6.45, 7) is -0.388. The van der Waals surface area contributed by atoms with Crippen LogP contribution in [0.1, 0.15) is 21.5 Å². The summed E-state index contributed by atoms with van der Waals surface area (Å²) in [6.07, 6.45) is 0. The largest absolute Gasteiger partial charge is 0.477 e. The van der Waals surface area contributed by atoms with Gasteiger partial charge in [-0.2, -0.15) is 0 Å². The van der Waals surface area contributed by atoms with E-state index in [-0.39, 0.29) is 18.0 Å². The Labute approximate surface area is 183 Å². The van der Waals surface area contributed by atoms with Crippen LogP contribution in [0.2, 0.25) is 0 Å². The first-order valence-corrected chi connectivity index (χ1v) is 9.43. The number of esters is 1. The maximum Gasteiger partial charge on any atom is 0.337 e. The Balaban J connectivity index is 1.65. The summed E-state index contributed by atoms with van der Waals surface area (Å²) in [7, 11) is 1.31. The first kappa shape index (κ1) is 22.1. The van der Waals surface area contributed by atoms with Crippen LogP contribution in [0.5, 0.6) is 5.75 Å². The summed E-state index contributed by atoms with van der Waals surface area (Å²) in [5, 5.41) is 13.7. The van der Waals surface area contributed by atoms with Gasteiger partial charge in [-0.15, -0.1) is 0 Å². The van der Waals surface area contributed by atoms with Crippen molar-refractivity contribution in [1.82, 2.24) is 0 Å². The fourth-order valence-corrected chi connectivity index (χ4v) is 2.73. The lowest BCUT2D eigenvalue weighted by molar-refractivity contribution is -0.385. The van der Waals surface area contributed by atoms with Crippen molar-refractivity contribution in [3.63, 3.8) is 0 Å². The summed E-state index contributed by atoms with van der Waals surface area (Å²) < 4.78 is 9.99. The summed E-state index contributed by atoms with van der Waals surface area (Å²) in [5.41, 5.74) is 1.97. The van der Waals surface area contributed by atoms with E-state index in [0.29, 0.717) is 22.4 Å². The number of nitro benzene ring substituents is 1. The fourth-order valence-electron chi connectivity index (χ4n) is 2.73. The van der Waals surface area contributed by atoms with Gasteiger partial charge in [-0.1, -0.05) is 36.1 Å². The second kappa shape index (κ2) is 10.4. The van der Waals surface area contributed by atoms with Gasteiger partial charge in [0.15, 0.2) is 12.4 Å². The number of para-hydroxylation sites is 2. The maximum atomic E-state index is 12.2. The molecule has 0 aliphatic heterocycles. The van der Waals surface area contributed by atoms with Gasteiger partial charge in [-0.05, 0) is 42.5 Å². The van der Waals surface area contributed by atoms with E-state index in [2.05, 4.69) is 17.2 Å². The Morgan fingerprint density at radius 1 is 0.969 bits per heavy atom. The number of carbonyl (C=O) groups is 2. The predicted molar refractivity (Wildman–Crippen MR) is 117 cm³/mol. The van der Waals surface area contributed by atoms with Gasteiger partial charge in [0.2, 0.25) is 0 Å². The highest BCUT2D eigenvalue weighted by atomic mass is 16.6. The summed E-state index contributed by atoms with van der Waals surface area (Å²) >= 11 is 0. The van der Waals surface area contributed by atoms with Gasteiger partial charge < -0.3 is 14.8 Å². The van der Waals surface area contributed by atoms with E-state index in [1.54, 1.807) is 54.6 Å². The number of carbonyl (C=O) groups excluding carboxylic acids is 2. The topological polar surface area (TPSA) is 108 Å². The molecule has 1 amide bonds. The second-order valence-electron chi connectivity index (χ2n) is 6.46. The zero-order valence-corrected chi connectivity index (χ0v) is 17.0. The van der Waals surface area contributed by atoms with E-state index in [4.69, 9.17) is 9.47 Å². The number of nitrogens with zero attached hydrogens (tertiary/aromatic N) is 1. The summed E-state index contributed by atoms with van der Waals surface area (Å²) in [5.74, 6) is 5.04. The molecule has 0 radical (unpaired) electrons. The lowest BCUT2D eigenvalue weighted by atomic mass is 10.1. The van der Waals surface area contributed by atoms with E-state index in [9.17, 15) is 19.7 Å². The number of hydrogen-bond acceptors (Lipinski definition) is 6. The second-order valence-corrected chi connectivity index (χ2v) is 6.46. The highest BCUT2D eigenvalue weighted by molar-refractivity contribution is 5.92. The molecule has 32 heavy (non-hydrogen) atoms. The minimum atomic E-state index is -0.573. The van der Waals surface area contributed by atoms with Gasteiger partial charge in [-0.3, -0.25) is 14.9 Å². The molecule has 0 aromatic heterocycles. The SMILES string of the molecule is COC(=O)c1cccc(C#Cc2cccc(NC(=O)COc3ccccc3[N+](=O)[O-])c2)c1. The lowest BCUT2D eigenvalue weighted by Gasteiger charge is -2.08. The summed E-state index contributed by atoms with van der Waals surface area (Å²) in [4.78, 5) is 34.3. The molecular weight excluding hydrogens is 412 g/mol. The van der Waals surface area contributed by atoms with Gasteiger partial charge in [0.05, 0.1) is 17.6 Å². The van der Waals surface area contributed by atoms with Crippen LogP contribution in [0, 0.1) is 22.0 Å². The number of nitro groups is 1. The number of benzene rings is 3. The van der Waals surface area contributed by atoms with Crippen molar-refractivity contribution in [2.24, 2.45) is 0 Å². The van der Waals surface area contributed by atoms with Crippen molar-refractivity contribution in [2.75, 3.05) is 19.0 Å². The molecule has 3 aromatic rings. The first-order valence-electron chi connectivity index (χ1n) is 9.43. The standard InChI is InChI=1S/C24H18N2O6/c1-31-24(28)19-8-4-6-17(14-19)12-13-18-7-5-9-20(15-18)25-23(27)16-32-22-11-3-2-10-21(22)26(29)30/h2-11,14-15H,16H2,1H3,(H,25,27). The molecule has 3 aromatic carbocycles. The van der Waals surface area contributed by atoms with Gasteiger partial charge in [-0.25, -0.2) is 4.79 Å². The molecule has 0 saturated carbocycles. The van der Waals surface area contributed by atoms with Crippen molar-refractivity contribution in [1.29, 1.82) is 0 Å². The van der Waals surface area contributed by atoms with Gasteiger partial charge in [0.1, 0.15) is 0 Å². The van der Waals surface area contributed by atoms with Crippen molar-refractivity contribution >= 4 is 23.3 Å². The van der Waals surface area contributed by atoms with E-state index in [1.165, 1.54) is 25.3 Å². The van der Waals surface area contributed by atoms with Crippen LogP contribution in [0.3, 0.4) is 0 Å². The number of amides is 1. The molecular formula is C24H18N2O6. The number of rotatable bonds is 6. The van der Waals surface area contributed by atoms with E-state index in [0.717, 1.165) is 0 Å². The average Bonchev–Trinajstić information content (AvgIpc) is 2.81. The normalized spacial score (nSPS) is 9.78. The Bertz CT molecular complexity index is 1230. The Morgan fingerprint density at radius 3 is 2.38 bits per heavy atom. The summed E-state index contributed by atoms with van der Waals surface area (Å²) in [6, 6.07) is 19.5. The number of anilines is 1. The number of hydrogen-bond donors (Lipinski definition) is 1. The van der Waals surface area contributed by atoms with Crippen LogP contribution in [-0.2, 0) is 9.53 Å². The molecule has 1 N–H and O–H groups in total. The average molecular weight is 430 g/mol. The molecule has 0 aliphatic carbocycles. The molecule has 0 fully saturated rings. The highest BCUT2D eigenvalue weighted by Crippen LogP contribution is 2.25. The van der Waals surface area contributed by atoms with Crippen molar-refractivity contribution in [3.05, 3.63) is 99.6 Å². The van der Waals surface area contributed by atoms with Crippen LogP contribution < -0.4 is 10.1 Å². The third kappa shape index (κ3) is 5.93. The smallest absolute Gasteiger partial charge is 0.337 e. The van der Waals surface area contributed by atoms with Gasteiger partial charge in [0, 0.05) is 22.9 Å². The molecule has 8 heteroatoms. The molecule has 160 valence electrons. The fraction of sp³-hybridized carbons (Fsp3) is 0.0833. The molecule has 0 bridgehead atoms. The molecule has 0 aliphatic rings. The van der Waals surface area contributed by atoms with Gasteiger partial charge in [0.25, 0.3) is 5.91 Å². The Morgan fingerprint density at radius 2 is 1.66 bits per heavy atom. The zero-order valence-electron chi connectivity index (χ0n) is 17.0. The molecule has 8 nitrogen and oxygen atoms in total. The lowest BCUT2D eigenvalue weighted by Crippen LogP contribution is -2.20. The van der Waals surface area contributed by atoms with E-state index >= 15 is 0 Å². The van der Waals surface area contributed by atoms with Gasteiger partial charge >= 0.3 is 11.7 Å². The minimum Gasteiger partial charge on any atom is -0.477 e. The molecule has 0 spiro atoms. The zero-order chi connectivity index (χ0) is 22.9. The highest BCUT2D eigenvalue weighted by Gasteiger charge is 2.15. The third-order valence-electron chi connectivity index (χ3n) is 4.20. The molecule has 0 heterocycles. The number of ether oxygens (including phenoxy) is 2. The maximum absolute atomic E-state index is 12.2. The van der Waals surface area contributed by atoms with E-state index < -0.39 is 16.8 Å². The molecule has 3 rings (SSSR count). The Kier molecular flexibility index (Phi) is 7.17. The Hall–Kier alpha value is -4.64. The van der Waals surface area contributed by atoms with Crippen molar-refractivity contribution in [2.45, 2.75) is 0 Å². The quantitative estimate of drug-likeness (QED) is 0.276. The number of methoxy groups -OCH3 is 1. The molecule has 0 unspecified atom stereocenters. The minimum absolute atomic E-state index is 0.0152. The van der Waals surface area contributed by atoms with Crippen LogP contribution in [-0.4, -0.2) is 30.5 Å². The third-order valence-corrected chi connectivity index (χ3v) is 4.20. The van der Waals surface area contributed by atoms with Crippen LogP contribution >= 0.6 is 0 Å². The molecule has 0 atom stereocenters. The molecule has 0 saturated heterocycles. The van der Waals surface area contributed by atoms with Crippen LogP contribution in [0.25, 0.3) is 0 Å². The van der Waals surface area contributed by atoms with Crippen molar-refractivity contribution < 1.29 is 24.0 Å². The number of nitrogens with one attached hydrogen (secondary N) is 1. The van der Waals surface area contributed by atoms with Crippen LogP contribution in [0.15, 0.2) is 72.8 Å². The predicted octanol–water partition coefficient (Wildman–Crippen LogP) is 3.80. The first-order chi connectivity index (χ1) is 15.5.